The fourth-order valence-electron chi connectivity index (χ4n) is 0.559. The van der Waals surface area contributed by atoms with Crippen molar-refractivity contribution < 1.29 is 13.2 Å². The Kier molecular flexibility index (Phi) is 2.80. The van der Waals surface area contributed by atoms with Crippen LogP contribution in [-0.2, 0) is 0 Å². The lowest BCUT2D eigenvalue weighted by Crippen LogP contribution is -2.31. The molecule has 0 spiro atoms. The number of hydrogen-bond donors (Lipinski definition) is 0. The van der Waals surface area contributed by atoms with Crippen LogP contribution in [0.4, 0.5) is 13.2 Å². The third-order valence-electron chi connectivity index (χ3n) is 1.08. The van der Waals surface area contributed by atoms with Gasteiger partial charge >= 0.3 is 6.18 Å². The van der Waals surface area contributed by atoms with Gasteiger partial charge in [0.1, 0.15) is 0 Å². The molecule has 0 aliphatic rings. The molecule has 0 saturated carbocycles. The molecule has 0 fully saturated rings. The van der Waals surface area contributed by atoms with Crippen molar-refractivity contribution in [2.75, 3.05) is 0 Å². The van der Waals surface area contributed by atoms with E-state index in [4.69, 9.17) is 0 Å². The molecule has 0 radical (unpaired) electrons. The second kappa shape index (κ2) is 2.98. The van der Waals surface area contributed by atoms with Crippen LogP contribution < -0.4 is 0 Å². The van der Waals surface area contributed by atoms with Crippen molar-refractivity contribution in [3.8, 4) is 0 Å². The molecule has 0 heterocycles. The zero-order chi connectivity index (χ0) is 8.36. The van der Waals surface area contributed by atoms with Crippen LogP contribution in [0.25, 0.3) is 0 Å². The van der Waals surface area contributed by atoms with Crippen molar-refractivity contribution in [2.45, 2.75) is 26.1 Å². The summed E-state index contributed by atoms with van der Waals surface area (Å²) in [6, 6.07) is -2.06. The molecule has 1 atom stereocenters. The number of nitrogens with zero attached hydrogens (tertiary/aromatic N) is 1. The fraction of sp³-hybridized carbons (Fsp3) is 1.00. The summed E-state index contributed by atoms with van der Waals surface area (Å²) < 4.78 is 35.0. The summed E-state index contributed by atoms with van der Waals surface area (Å²) >= 11 is 0. The smallest absolute Gasteiger partial charge is 0.168 e. The minimum Gasteiger partial charge on any atom is -0.168 e. The lowest BCUT2D eigenvalue weighted by atomic mass is 10.1. The van der Waals surface area contributed by atoms with Crippen molar-refractivity contribution in [3.63, 3.8) is 0 Å². The summed E-state index contributed by atoms with van der Waals surface area (Å²) in [7, 11) is 0. The van der Waals surface area contributed by atoms with Crippen LogP contribution in [0.3, 0.4) is 0 Å². The van der Waals surface area contributed by atoms with Gasteiger partial charge in [-0.2, -0.15) is 18.1 Å². The standard InChI is InChI=1S/C5H8F3NO/c1-3(2)4(9-10)5(6,7)8/h3-4H,1-2H3. The molecule has 5 heteroatoms. The Balaban J connectivity index is 4.21. The molecule has 0 rings (SSSR count). The molecule has 0 amide bonds. The molecule has 0 aliphatic heterocycles. The Labute approximate surface area is 56.4 Å². The first-order valence-electron chi connectivity index (χ1n) is 2.78. The molecular weight excluding hydrogens is 147 g/mol. The predicted molar refractivity (Wildman–Crippen MR) is 30.5 cm³/mol. The molecule has 0 aromatic rings. The lowest BCUT2D eigenvalue weighted by Gasteiger charge is -2.15. The minimum atomic E-state index is -4.49. The third-order valence-corrected chi connectivity index (χ3v) is 1.08. The molecular formula is C5H8F3NO. The zero-order valence-corrected chi connectivity index (χ0v) is 5.64. The molecule has 10 heavy (non-hydrogen) atoms. The molecule has 0 aromatic heterocycles. The van der Waals surface area contributed by atoms with Gasteiger partial charge in [0.2, 0.25) is 0 Å². The first-order valence-corrected chi connectivity index (χ1v) is 2.78. The van der Waals surface area contributed by atoms with E-state index < -0.39 is 18.1 Å². The maximum absolute atomic E-state index is 11.7. The second-order valence-corrected chi connectivity index (χ2v) is 2.34. The molecule has 0 aromatic carbocycles. The van der Waals surface area contributed by atoms with E-state index in [0.717, 1.165) is 0 Å². The van der Waals surface area contributed by atoms with Gasteiger partial charge in [-0.1, -0.05) is 19.0 Å². The quantitative estimate of drug-likeness (QED) is 0.562. The Morgan fingerprint density at radius 3 is 1.70 bits per heavy atom. The van der Waals surface area contributed by atoms with Crippen molar-refractivity contribution in [1.82, 2.24) is 0 Å². The third kappa shape index (κ3) is 2.33. The maximum atomic E-state index is 11.7. The Hall–Kier alpha value is -0.610. The first kappa shape index (κ1) is 9.39. The van der Waals surface area contributed by atoms with E-state index in [9.17, 15) is 18.1 Å². The van der Waals surface area contributed by atoms with Gasteiger partial charge in [0.15, 0.2) is 6.04 Å². The van der Waals surface area contributed by atoms with Gasteiger partial charge < -0.3 is 0 Å². The van der Waals surface area contributed by atoms with Crippen LogP contribution in [0.1, 0.15) is 13.8 Å². The van der Waals surface area contributed by atoms with Gasteiger partial charge in [-0.3, -0.25) is 0 Å². The van der Waals surface area contributed by atoms with Crippen LogP contribution in [0, 0.1) is 10.8 Å². The van der Waals surface area contributed by atoms with Gasteiger partial charge in [-0.25, -0.2) is 0 Å². The van der Waals surface area contributed by atoms with Crippen LogP contribution in [-0.4, -0.2) is 12.2 Å². The van der Waals surface area contributed by atoms with Gasteiger partial charge in [-0.15, -0.1) is 0 Å². The highest BCUT2D eigenvalue weighted by Gasteiger charge is 2.42. The van der Waals surface area contributed by atoms with E-state index >= 15 is 0 Å². The number of halogens is 3. The molecule has 2 nitrogen and oxygen atoms in total. The normalized spacial score (nSPS) is 15.4. The number of rotatable bonds is 2. The monoisotopic (exact) mass is 155 g/mol. The van der Waals surface area contributed by atoms with Crippen molar-refractivity contribution in [2.24, 2.45) is 11.1 Å². The fourth-order valence-corrected chi connectivity index (χ4v) is 0.559. The van der Waals surface area contributed by atoms with E-state index in [1.807, 2.05) is 5.18 Å². The highest BCUT2D eigenvalue weighted by molar-refractivity contribution is 4.76. The summed E-state index contributed by atoms with van der Waals surface area (Å²) in [6.07, 6.45) is -4.49. The molecule has 0 N–H and O–H groups in total. The molecule has 1 unspecified atom stereocenters. The molecule has 0 aliphatic carbocycles. The number of hydrogen-bond acceptors (Lipinski definition) is 2. The van der Waals surface area contributed by atoms with E-state index in [2.05, 4.69) is 0 Å². The van der Waals surface area contributed by atoms with Gasteiger partial charge in [0.05, 0.1) is 0 Å². The zero-order valence-electron chi connectivity index (χ0n) is 5.64. The summed E-state index contributed by atoms with van der Waals surface area (Å²) in [5.74, 6) is -0.780. The Morgan fingerprint density at radius 2 is 1.70 bits per heavy atom. The number of alkyl halides is 3. The van der Waals surface area contributed by atoms with Gasteiger partial charge in [0.25, 0.3) is 0 Å². The van der Waals surface area contributed by atoms with E-state index in [1.54, 1.807) is 0 Å². The minimum absolute atomic E-state index is 0.780. The highest BCUT2D eigenvalue weighted by atomic mass is 19.4. The van der Waals surface area contributed by atoms with Gasteiger partial charge in [0, 0.05) is 0 Å². The van der Waals surface area contributed by atoms with Crippen molar-refractivity contribution in [1.29, 1.82) is 0 Å². The summed E-state index contributed by atoms with van der Waals surface area (Å²) in [4.78, 5) is 9.62. The Bertz CT molecular complexity index is 121. The van der Waals surface area contributed by atoms with E-state index in [1.165, 1.54) is 13.8 Å². The summed E-state index contributed by atoms with van der Waals surface area (Å²) in [6.45, 7) is 2.61. The van der Waals surface area contributed by atoms with E-state index in [0.29, 0.717) is 0 Å². The SMILES string of the molecule is CC(C)C(N=O)C(F)(F)F. The summed E-state index contributed by atoms with van der Waals surface area (Å²) in [5, 5.41) is 1.98. The molecule has 0 bridgehead atoms. The maximum Gasteiger partial charge on any atom is 0.414 e. The topological polar surface area (TPSA) is 29.4 Å². The van der Waals surface area contributed by atoms with Crippen LogP contribution in [0.2, 0.25) is 0 Å². The lowest BCUT2D eigenvalue weighted by molar-refractivity contribution is -0.155. The number of nitroso groups, excluding NO2 is 1. The van der Waals surface area contributed by atoms with Crippen LogP contribution >= 0.6 is 0 Å². The van der Waals surface area contributed by atoms with Crippen molar-refractivity contribution in [3.05, 3.63) is 4.91 Å². The highest BCUT2D eigenvalue weighted by Crippen LogP contribution is 2.27. The van der Waals surface area contributed by atoms with Crippen molar-refractivity contribution >= 4 is 0 Å². The summed E-state index contributed by atoms with van der Waals surface area (Å²) in [5.41, 5.74) is 0. The van der Waals surface area contributed by atoms with E-state index in [-0.39, 0.29) is 0 Å². The molecule has 0 saturated heterocycles. The average Bonchev–Trinajstić information content (AvgIpc) is 1.60. The van der Waals surface area contributed by atoms with Gasteiger partial charge in [-0.05, 0) is 5.92 Å². The first-order chi connectivity index (χ1) is 4.39. The molecule has 60 valence electrons. The second-order valence-electron chi connectivity index (χ2n) is 2.34. The van der Waals surface area contributed by atoms with Crippen LogP contribution in [0.15, 0.2) is 5.18 Å². The predicted octanol–water partition coefficient (Wildman–Crippen LogP) is 2.34. The average molecular weight is 155 g/mol. The largest absolute Gasteiger partial charge is 0.414 e. The van der Waals surface area contributed by atoms with Crippen LogP contribution in [0.5, 0.6) is 0 Å². The Morgan fingerprint density at radius 1 is 1.30 bits per heavy atom.